The van der Waals surface area contributed by atoms with E-state index in [1.165, 1.54) is 24.3 Å². The third-order valence-electron chi connectivity index (χ3n) is 14.3. The van der Waals surface area contributed by atoms with Crippen molar-refractivity contribution in [2.75, 3.05) is 16.0 Å². The lowest BCUT2D eigenvalue weighted by Crippen LogP contribution is -2.46. The number of carbonyl (C=O) groups excluding carboxylic acids is 1. The summed E-state index contributed by atoms with van der Waals surface area (Å²) in [6.45, 7) is 0. The van der Waals surface area contributed by atoms with Gasteiger partial charge in [-0.15, -0.1) is 0 Å². The van der Waals surface area contributed by atoms with Gasteiger partial charge in [0.15, 0.2) is 11.3 Å². The van der Waals surface area contributed by atoms with Crippen LogP contribution in [0, 0.1) is 0 Å². The second-order valence-electron chi connectivity index (χ2n) is 18.2. The molecular formula is C54H26F12N4O2. The fourth-order valence-electron chi connectivity index (χ4n) is 11.2. The number of benzene rings is 8. The van der Waals surface area contributed by atoms with Gasteiger partial charge < -0.3 is 21.1 Å². The number of nitrogens with zero attached hydrogens (tertiary/aromatic N) is 1. The zero-order valence-electron chi connectivity index (χ0n) is 36.0. The Labute approximate surface area is 396 Å². The number of alkyl halides is 12. The lowest BCUT2D eigenvalue weighted by molar-refractivity contribution is -0.138. The summed E-state index contributed by atoms with van der Waals surface area (Å²) >= 11 is 0. The Morgan fingerprint density at radius 2 is 0.875 bits per heavy atom. The van der Waals surface area contributed by atoms with E-state index >= 15 is 0 Å². The molecule has 72 heavy (non-hydrogen) atoms. The Morgan fingerprint density at radius 1 is 0.444 bits per heavy atom. The van der Waals surface area contributed by atoms with Crippen LogP contribution in [0.5, 0.6) is 0 Å². The van der Waals surface area contributed by atoms with Gasteiger partial charge in [0, 0.05) is 55.2 Å². The van der Waals surface area contributed by atoms with Crippen LogP contribution < -0.4 is 26.5 Å². The van der Waals surface area contributed by atoms with Crippen LogP contribution in [-0.4, -0.2) is 10.9 Å². The number of carbonyl (C=O) groups is 1. The van der Waals surface area contributed by atoms with Crippen molar-refractivity contribution in [3.05, 3.63) is 200 Å². The SMILES string of the molecule is O=C1C(c2ccc3cccc4c3c2NC2(N4)c3cc(C(F)(F)F)ccc3-c3ccc(C(F)(F)F)cc32)=C(O)C1=c1ccc2cccc3c2c1=NC1(N3)c2cc(C(F)(F)F)ccc2-c2ccc(C(F)(F)F)cc21. The van der Waals surface area contributed by atoms with E-state index in [4.69, 9.17) is 4.99 Å². The summed E-state index contributed by atoms with van der Waals surface area (Å²) in [6.07, 6.45) is -19.5. The molecule has 18 heteroatoms. The Balaban J connectivity index is 1.06. The molecule has 0 atom stereocenters. The maximum atomic E-state index is 15.0. The number of aliphatic hydroxyl groups is 1. The summed E-state index contributed by atoms with van der Waals surface area (Å²) in [5, 5.41) is 23.5. The summed E-state index contributed by atoms with van der Waals surface area (Å²) in [6, 6.07) is 27.1. The summed E-state index contributed by atoms with van der Waals surface area (Å²) < 4.78 is 173. The van der Waals surface area contributed by atoms with Crippen LogP contribution in [-0.2, 0) is 40.8 Å². The first-order valence-corrected chi connectivity index (χ1v) is 21.9. The fourth-order valence-corrected chi connectivity index (χ4v) is 11.2. The Bertz CT molecular complexity index is 3890. The van der Waals surface area contributed by atoms with Gasteiger partial charge in [0.2, 0.25) is 5.78 Å². The largest absolute Gasteiger partial charge is 0.506 e. The molecule has 4 N–H and O–H groups in total. The zero-order valence-corrected chi connectivity index (χ0v) is 36.0. The van der Waals surface area contributed by atoms with Crippen molar-refractivity contribution in [3.8, 4) is 22.3 Å². The number of nitrogens with one attached hydrogen (secondary N) is 3. The lowest BCUT2D eigenvalue weighted by atomic mass is 9.79. The first kappa shape index (κ1) is 43.7. The normalized spacial score (nSPS) is 17.5. The smallest absolute Gasteiger partial charge is 0.416 e. The molecule has 3 aliphatic carbocycles. The van der Waals surface area contributed by atoms with E-state index in [1.807, 2.05) is 0 Å². The minimum absolute atomic E-state index is 0.0132. The van der Waals surface area contributed by atoms with Gasteiger partial charge in [0.05, 0.1) is 44.4 Å². The second-order valence-corrected chi connectivity index (χ2v) is 18.2. The number of rotatable bonds is 1. The highest BCUT2D eigenvalue weighted by molar-refractivity contribution is 6.52. The number of ketones is 1. The molecule has 8 aromatic carbocycles. The minimum atomic E-state index is -4.88. The van der Waals surface area contributed by atoms with Crippen molar-refractivity contribution in [3.63, 3.8) is 0 Å². The number of halogens is 12. The highest BCUT2D eigenvalue weighted by atomic mass is 19.4. The van der Waals surface area contributed by atoms with Gasteiger partial charge in [-0.05, 0) is 93.7 Å². The molecule has 0 aromatic heterocycles. The average molecular weight is 991 g/mol. The molecule has 358 valence electrons. The van der Waals surface area contributed by atoms with Gasteiger partial charge in [-0.3, -0.25) is 4.79 Å². The minimum Gasteiger partial charge on any atom is -0.506 e. The van der Waals surface area contributed by atoms with Crippen molar-refractivity contribution in [2.45, 2.75) is 36.0 Å². The number of Topliss-reactive ketones (excluding diaryl/α,β-unsaturated/α-hetero) is 1. The van der Waals surface area contributed by atoms with Crippen LogP contribution in [0.1, 0.15) is 50.1 Å². The summed E-state index contributed by atoms with van der Waals surface area (Å²) in [7, 11) is 0. The number of hydrogen-bond donors (Lipinski definition) is 4. The van der Waals surface area contributed by atoms with E-state index in [0.29, 0.717) is 21.5 Å². The van der Waals surface area contributed by atoms with Crippen LogP contribution in [0.15, 0.2) is 144 Å². The first-order chi connectivity index (χ1) is 34.0. The predicted molar refractivity (Wildman–Crippen MR) is 243 cm³/mol. The maximum Gasteiger partial charge on any atom is 0.416 e. The molecule has 2 heterocycles. The number of aliphatic hydroxyl groups excluding tert-OH is 1. The van der Waals surface area contributed by atoms with E-state index in [1.54, 1.807) is 48.5 Å². The fraction of sp³-hybridized carbons (Fsp3) is 0.111. The number of allylic oxidation sites excluding steroid dienone is 2. The maximum absolute atomic E-state index is 15.0. The van der Waals surface area contributed by atoms with Crippen LogP contribution in [0.2, 0.25) is 0 Å². The average Bonchev–Trinajstić information content (AvgIpc) is 3.73. The second kappa shape index (κ2) is 13.8. The standard InChI is InChI=1S/C54H26F12N4O2/c55-51(56,57)25-9-15-29-30-16-10-26(52(58,59)60)20-36(30)49(35(29)19-25)67-39-5-1-3-23-7-13-33(45(69-49)41(23)39)43-47(71)44(48(43)72)34-14-8-24-4-2-6-40-42(24)46(34)70-50(68-40)37-21-27(53(61,62)63)11-17-31(37)32-18-12-28(22-38(32)50)54(64,65)66/h1-22,67-69,71H. The van der Waals surface area contributed by atoms with E-state index < -0.39 is 69.8 Å². The highest BCUT2D eigenvalue weighted by Gasteiger charge is 2.52. The van der Waals surface area contributed by atoms with Gasteiger partial charge >= 0.3 is 24.7 Å². The molecule has 0 bridgehead atoms. The van der Waals surface area contributed by atoms with Gasteiger partial charge in [-0.1, -0.05) is 72.8 Å². The Morgan fingerprint density at radius 3 is 1.36 bits per heavy atom. The molecule has 6 nitrogen and oxygen atoms in total. The van der Waals surface area contributed by atoms with Gasteiger partial charge in [0.25, 0.3) is 0 Å². The molecule has 8 aromatic rings. The zero-order chi connectivity index (χ0) is 50.4. The van der Waals surface area contributed by atoms with E-state index in [0.717, 1.165) is 60.7 Å². The van der Waals surface area contributed by atoms with E-state index in [-0.39, 0.29) is 88.9 Å². The number of fused-ring (bicyclic) bond motifs is 10. The topological polar surface area (TPSA) is 85.8 Å². The summed E-state index contributed by atoms with van der Waals surface area (Å²) in [5.41, 5.74) is -8.32. The molecule has 0 unspecified atom stereocenters. The molecular weight excluding hydrogens is 965 g/mol. The number of anilines is 3. The highest BCUT2D eigenvalue weighted by Crippen LogP contribution is 2.58. The molecule has 2 spiro atoms. The first-order valence-electron chi connectivity index (χ1n) is 21.9. The Kier molecular flexibility index (Phi) is 8.36. The molecule has 13 rings (SSSR count). The van der Waals surface area contributed by atoms with Crippen molar-refractivity contribution in [2.24, 2.45) is 4.99 Å². The van der Waals surface area contributed by atoms with Crippen LogP contribution in [0.25, 0.3) is 54.9 Å². The third kappa shape index (κ3) is 5.82. The van der Waals surface area contributed by atoms with Crippen LogP contribution in [0.4, 0.5) is 69.7 Å². The predicted octanol–water partition coefficient (Wildman–Crippen LogP) is 13.4. The van der Waals surface area contributed by atoms with Crippen LogP contribution >= 0.6 is 0 Å². The van der Waals surface area contributed by atoms with Crippen molar-refractivity contribution in [1.29, 1.82) is 0 Å². The van der Waals surface area contributed by atoms with E-state index in [9.17, 15) is 62.6 Å². The lowest BCUT2D eigenvalue weighted by Gasteiger charge is -2.42. The van der Waals surface area contributed by atoms with Crippen molar-refractivity contribution >= 4 is 55.5 Å². The van der Waals surface area contributed by atoms with Crippen molar-refractivity contribution in [1.82, 2.24) is 0 Å². The molecule has 0 saturated carbocycles. The van der Waals surface area contributed by atoms with Crippen LogP contribution in [0.3, 0.4) is 0 Å². The van der Waals surface area contributed by atoms with Gasteiger partial charge in [-0.2, -0.15) is 52.7 Å². The molecule has 0 radical (unpaired) electrons. The van der Waals surface area contributed by atoms with Gasteiger partial charge in [0.1, 0.15) is 5.76 Å². The van der Waals surface area contributed by atoms with Crippen molar-refractivity contribution < 1.29 is 62.6 Å². The molecule has 0 amide bonds. The third-order valence-corrected chi connectivity index (χ3v) is 14.3. The molecule has 0 fully saturated rings. The van der Waals surface area contributed by atoms with Gasteiger partial charge in [-0.25, -0.2) is 4.99 Å². The molecule has 5 aliphatic rings. The quantitative estimate of drug-likeness (QED) is 0.123. The summed E-state index contributed by atoms with van der Waals surface area (Å²) in [5.74, 6) is -1.42. The monoisotopic (exact) mass is 990 g/mol. The summed E-state index contributed by atoms with van der Waals surface area (Å²) in [4.78, 5) is 20.0. The molecule has 2 aliphatic heterocycles. The Hall–Kier alpha value is -8.28. The number of hydrogen-bond acceptors (Lipinski definition) is 6. The molecule has 0 saturated heterocycles. The van der Waals surface area contributed by atoms with E-state index in [2.05, 4.69) is 16.0 Å².